The van der Waals surface area contributed by atoms with Crippen molar-refractivity contribution < 1.29 is 17.6 Å². The van der Waals surface area contributed by atoms with Gasteiger partial charge in [0.2, 0.25) is 15.9 Å². The summed E-state index contributed by atoms with van der Waals surface area (Å²) in [5.74, 6) is -1.06. The first-order valence-electron chi connectivity index (χ1n) is 8.06. The Morgan fingerprint density at radius 1 is 1.33 bits per heavy atom. The molecule has 0 bridgehead atoms. The van der Waals surface area contributed by atoms with Gasteiger partial charge in [-0.1, -0.05) is 6.07 Å². The van der Waals surface area contributed by atoms with Crippen molar-refractivity contribution in [3.8, 4) is 0 Å². The maximum atomic E-state index is 12.5. The lowest BCUT2D eigenvalue weighted by Gasteiger charge is -2.14. The van der Waals surface area contributed by atoms with E-state index in [0.717, 1.165) is 5.56 Å². The van der Waals surface area contributed by atoms with Gasteiger partial charge in [-0.15, -0.1) is 0 Å². The number of rotatable bonds is 6. The molecule has 1 amide bonds. The van der Waals surface area contributed by atoms with Crippen LogP contribution in [0.15, 0.2) is 56.8 Å². The molecule has 3 aromatic rings. The molecule has 9 nitrogen and oxygen atoms in total. The molecule has 142 valence electrons. The van der Waals surface area contributed by atoms with E-state index in [2.05, 4.69) is 15.0 Å². The molecular weight excluding hydrogens is 372 g/mol. The second-order valence-corrected chi connectivity index (χ2v) is 7.69. The molecule has 0 aliphatic carbocycles. The van der Waals surface area contributed by atoms with Crippen LogP contribution in [0.4, 0.5) is 0 Å². The van der Waals surface area contributed by atoms with Crippen LogP contribution in [0, 0.1) is 0 Å². The zero-order chi connectivity index (χ0) is 19.6. The van der Waals surface area contributed by atoms with E-state index < -0.39 is 27.7 Å². The summed E-state index contributed by atoms with van der Waals surface area (Å²) in [5, 5.41) is 2.64. The zero-order valence-electron chi connectivity index (χ0n) is 14.7. The van der Waals surface area contributed by atoms with Crippen molar-refractivity contribution in [2.75, 3.05) is 0 Å². The summed E-state index contributed by atoms with van der Waals surface area (Å²) < 4.78 is 33.6. The summed E-state index contributed by atoms with van der Waals surface area (Å²) >= 11 is 0. The van der Waals surface area contributed by atoms with E-state index in [1.165, 1.54) is 36.7 Å². The average Bonchev–Trinajstić information content (AvgIpc) is 2.93. The Balaban J connectivity index is 1.71. The molecule has 1 aromatic carbocycles. The molecular formula is C17H18N4O5S. The van der Waals surface area contributed by atoms with Crippen LogP contribution in [-0.4, -0.2) is 29.9 Å². The zero-order valence-corrected chi connectivity index (χ0v) is 15.5. The van der Waals surface area contributed by atoms with Crippen LogP contribution in [-0.2, 0) is 28.4 Å². The summed E-state index contributed by atoms with van der Waals surface area (Å²) in [7, 11) is -2.45. The molecule has 2 aromatic heterocycles. The first-order valence-corrected chi connectivity index (χ1v) is 9.55. The van der Waals surface area contributed by atoms with Crippen molar-refractivity contribution in [3.05, 3.63) is 58.8 Å². The fourth-order valence-corrected chi connectivity index (χ4v) is 3.70. The molecule has 10 heteroatoms. The smallest absolute Gasteiger partial charge is 0.408 e. The van der Waals surface area contributed by atoms with E-state index in [-0.39, 0.29) is 17.0 Å². The quantitative estimate of drug-likeness (QED) is 0.632. The maximum absolute atomic E-state index is 12.5. The lowest BCUT2D eigenvalue weighted by atomic mass is 10.2. The molecule has 0 aliphatic heterocycles. The summed E-state index contributed by atoms with van der Waals surface area (Å²) in [6.45, 7) is 1.68. The summed E-state index contributed by atoms with van der Waals surface area (Å²) in [5.41, 5.74) is 1.42. The molecule has 0 unspecified atom stereocenters. The molecule has 0 radical (unpaired) electrons. The first kappa shape index (κ1) is 18.8. The van der Waals surface area contributed by atoms with Gasteiger partial charge in [-0.2, -0.15) is 4.72 Å². The van der Waals surface area contributed by atoms with Crippen LogP contribution in [0.25, 0.3) is 11.1 Å². The van der Waals surface area contributed by atoms with E-state index >= 15 is 0 Å². The third kappa shape index (κ3) is 4.07. The minimum Gasteiger partial charge on any atom is -0.408 e. The molecule has 2 N–H and O–H groups in total. The SMILES string of the molecule is C[C@@H](NS(=O)(=O)c1ccc2c(c1)oc(=O)n2C)C(=O)NCc1cccnc1. The maximum Gasteiger partial charge on any atom is 0.419 e. The van der Waals surface area contributed by atoms with Crippen LogP contribution in [0.2, 0.25) is 0 Å². The summed E-state index contributed by atoms with van der Waals surface area (Å²) in [6.07, 6.45) is 3.23. The number of hydrogen-bond acceptors (Lipinski definition) is 6. The molecule has 0 saturated heterocycles. The lowest BCUT2D eigenvalue weighted by molar-refractivity contribution is -0.122. The summed E-state index contributed by atoms with van der Waals surface area (Å²) in [6, 6.07) is 6.61. The van der Waals surface area contributed by atoms with Crippen molar-refractivity contribution in [1.29, 1.82) is 0 Å². The Morgan fingerprint density at radius 3 is 2.81 bits per heavy atom. The second kappa shape index (κ2) is 7.33. The molecule has 0 spiro atoms. The number of fused-ring (bicyclic) bond motifs is 1. The van der Waals surface area contributed by atoms with Crippen molar-refractivity contribution in [2.45, 2.75) is 24.4 Å². The Bertz CT molecular complexity index is 1140. The van der Waals surface area contributed by atoms with E-state index in [0.29, 0.717) is 5.52 Å². The molecule has 1 atom stereocenters. The van der Waals surface area contributed by atoms with Gasteiger partial charge in [-0.25, -0.2) is 13.2 Å². The standard InChI is InChI=1S/C17H18N4O5S/c1-11(16(22)19-10-12-4-3-7-18-9-12)20-27(24,25)13-5-6-14-15(8-13)26-17(23)21(14)2/h3-9,11,20H,10H2,1-2H3,(H,19,22)/t11-/m1/s1. The molecule has 3 rings (SSSR count). The highest BCUT2D eigenvalue weighted by Crippen LogP contribution is 2.18. The van der Waals surface area contributed by atoms with Crippen molar-refractivity contribution in [3.63, 3.8) is 0 Å². The summed E-state index contributed by atoms with van der Waals surface area (Å²) in [4.78, 5) is 27.5. The highest BCUT2D eigenvalue weighted by atomic mass is 32.2. The number of carbonyl (C=O) groups is 1. The van der Waals surface area contributed by atoms with Gasteiger partial charge in [0, 0.05) is 32.1 Å². The van der Waals surface area contributed by atoms with Gasteiger partial charge in [-0.05, 0) is 30.7 Å². The normalized spacial score (nSPS) is 12.8. The van der Waals surface area contributed by atoms with Gasteiger partial charge in [0.05, 0.1) is 16.5 Å². The third-order valence-corrected chi connectivity index (χ3v) is 5.53. The van der Waals surface area contributed by atoms with E-state index in [4.69, 9.17) is 4.42 Å². The molecule has 0 saturated carbocycles. The van der Waals surface area contributed by atoms with Gasteiger partial charge < -0.3 is 9.73 Å². The largest absolute Gasteiger partial charge is 0.419 e. The van der Waals surface area contributed by atoms with Crippen molar-refractivity contribution >= 4 is 27.0 Å². The number of aromatic nitrogens is 2. The Kier molecular flexibility index (Phi) is 5.10. The number of pyridine rings is 1. The van der Waals surface area contributed by atoms with Crippen LogP contribution in [0.5, 0.6) is 0 Å². The minimum absolute atomic E-state index is 0.101. The predicted octanol–water partition coefficient (Wildman–Crippen LogP) is 0.510. The average molecular weight is 390 g/mol. The highest BCUT2D eigenvalue weighted by Gasteiger charge is 2.23. The Labute approximate surface area is 155 Å². The fourth-order valence-electron chi connectivity index (χ4n) is 2.48. The molecule has 0 fully saturated rings. The van der Waals surface area contributed by atoms with Crippen molar-refractivity contribution in [1.82, 2.24) is 19.6 Å². The van der Waals surface area contributed by atoms with Crippen LogP contribution < -0.4 is 15.8 Å². The molecule has 27 heavy (non-hydrogen) atoms. The number of amides is 1. The third-order valence-electron chi connectivity index (χ3n) is 3.99. The van der Waals surface area contributed by atoms with Gasteiger partial charge in [0.1, 0.15) is 0 Å². The van der Waals surface area contributed by atoms with E-state index in [1.54, 1.807) is 24.5 Å². The first-order chi connectivity index (χ1) is 12.8. The van der Waals surface area contributed by atoms with Crippen LogP contribution in [0.1, 0.15) is 12.5 Å². The number of oxazole rings is 1. The van der Waals surface area contributed by atoms with Gasteiger partial charge in [-0.3, -0.25) is 14.3 Å². The number of aryl methyl sites for hydroxylation is 1. The number of hydrogen-bond donors (Lipinski definition) is 2. The highest BCUT2D eigenvalue weighted by molar-refractivity contribution is 7.89. The number of benzene rings is 1. The Hall–Kier alpha value is -2.98. The molecule has 0 aliphatic rings. The molecule has 2 heterocycles. The van der Waals surface area contributed by atoms with Gasteiger partial charge in [0.15, 0.2) is 5.58 Å². The number of nitrogens with one attached hydrogen (secondary N) is 2. The van der Waals surface area contributed by atoms with Crippen molar-refractivity contribution in [2.24, 2.45) is 7.05 Å². The van der Waals surface area contributed by atoms with E-state index in [9.17, 15) is 18.0 Å². The monoisotopic (exact) mass is 390 g/mol. The van der Waals surface area contributed by atoms with Gasteiger partial charge >= 0.3 is 5.76 Å². The topological polar surface area (TPSA) is 123 Å². The number of nitrogens with zero attached hydrogens (tertiary/aromatic N) is 2. The number of sulfonamides is 1. The van der Waals surface area contributed by atoms with E-state index in [1.807, 2.05) is 0 Å². The van der Waals surface area contributed by atoms with Gasteiger partial charge in [0.25, 0.3) is 0 Å². The fraction of sp³-hybridized carbons (Fsp3) is 0.235. The predicted molar refractivity (Wildman–Crippen MR) is 97.3 cm³/mol. The minimum atomic E-state index is -3.98. The van der Waals surface area contributed by atoms with Crippen LogP contribution in [0.3, 0.4) is 0 Å². The Morgan fingerprint density at radius 2 is 2.11 bits per heavy atom. The van der Waals surface area contributed by atoms with Crippen LogP contribution >= 0.6 is 0 Å². The second-order valence-electron chi connectivity index (χ2n) is 5.98. The number of carbonyl (C=O) groups excluding carboxylic acids is 1. The lowest BCUT2D eigenvalue weighted by Crippen LogP contribution is -2.44.